The van der Waals surface area contributed by atoms with Gasteiger partial charge in [0.2, 0.25) is 11.0 Å². The van der Waals surface area contributed by atoms with Gasteiger partial charge in [0.25, 0.3) is 5.91 Å². The predicted octanol–water partition coefficient (Wildman–Crippen LogP) is 4.31. The van der Waals surface area contributed by atoms with Crippen molar-refractivity contribution in [1.29, 1.82) is 0 Å². The molecule has 0 radical (unpaired) electrons. The molecule has 3 aromatic rings. The van der Waals surface area contributed by atoms with Gasteiger partial charge in [-0.3, -0.25) is 14.9 Å². The first kappa shape index (κ1) is 22.4. The predicted molar refractivity (Wildman–Crippen MR) is 122 cm³/mol. The van der Waals surface area contributed by atoms with Crippen LogP contribution in [0.5, 0.6) is 5.75 Å². The maximum Gasteiger partial charge on any atom is 0.252 e. The summed E-state index contributed by atoms with van der Waals surface area (Å²) in [6.45, 7) is 5.91. The quantitative estimate of drug-likeness (QED) is 0.547. The molecule has 0 saturated heterocycles. The molecule has 0 aliphatic rings. The van der Waals surface area contributed by atoms with E-state index in [0.717, 1.165) is 22.6 Å². The molecule has 8 heteroatoms. The van der Waals surface area contributed by atoms with E-state index in [1.807, 2.05) is 45.0 Å². The van der Waals surface area contributed by atoms with Crippen LogP contribution in [0.15, 0.2) is 48.5 Å². The summed E-state index contributed by atoms with van der Waals surface area (Å²) in [5, 5.41) is 15.1. The Balaban J connectivity index is 1.74. The lowest BCUT2D eigenvalue weighted by Crippen LogP contribution is -2.47. The average molecular weight is 439 g/mol. The van der Waals surface area contributed by atoms with Crippen LogP contribution in [0.2, 0.25) is 0 Å². The lowest BCUT2D eigenvalue weighted by atomic mass is 9.98. The lowest BCUT2D eigenvalue weighted by molar-refractivity contribution is -0.119. The van der Waals surface area contributed by atoms with E-state index in [2.05, 4.69) is 20.8 Å². The number of hydrogen-bond donors (Lipinski definition) is 2. The third-order valence-corrected chi connectivity index (χ3v) is 5.92. The summed E-state index contributed by atoms with van der Waals surface area (Å²) in [7, 11) is 1.54. The van der Waals surface area contributed by atoms with Crippen LogP contribution in [-0.4, -0.2) is 35.2 Å². The van der Waals surface area contributed by atoms with E-state index >= 15 is 0 Å². The van der Waals surface area contributed by atoms with Crippen LogP contribution >= 0.6 is 11.3 Å². The van der Waals surface area contributed by atoms with E-state index in [4.69, 9.17) is 4.74 Å². The zero-order valence-corrected chi connectivity index (χ0v) is 18.8. The van der Waals surface area contributed by atoms with Crippen molar-refractivity contribution in [3.05, 3.63) is 59.7 Å². The van der Waals surface area contributed by atoms with Gasteiger partial charge in [-0.25, -0.2) is 0 Å². The van der Waals surface area contributed by atoms with Crippen molar-refractivity contribution in [2.45, 2.75) is 33.2 Å². The number of nitrogens with one attached hydrogen (secondary N) is 2. The van der Waals surface area contributed by atoms with Gasteiger partial charge < -0.3 is 10.1 Å². The summed E-state index contributed by atoms with van der Waals surface area (Å²) >= 11 is 1.30. The Bertz CT molecular complexity index is 1070. The van der Waals surface area contributed by atoms with E-state index in [1.165, 1.54) is 11.3 Å². The summed E-state index contributed by atoms with van der Waals surface area (Å²) in [5.41, 5.74) is 2.50. The number of rotatable bonds is 8. The first-order chi connectivity index (χ1) is 14.9. The van der Waals surface area contributed by atoms with Crippen LogP contribution in [0.1, 0.15) is 36.2 Å². The minimum absolute atomic E-state index is 0.0706. The number of benzene rings is 2. The molecule has 1 heterocycles. The van der Waals surface area contributed by atoms with E-state index < -0.39 is 6.04 Å². The van der Waals surface area contributed by atoms with Crippen LogP contribution in [-0.2, 0) is 4.79 Å². The molecule has 0 aliphatic carbocycles. The summed E-state index contributed by atoms with van der Waals surface area (Å²) < 4.78 is 5.18. The highest BCUT2D eigenvalue weighted by molar-refractivity contribution is 7.18. The fourth-order valence-corrected chi connectivity index (χ4v) is 3.79. The number of aromatic nitrogens is 2. The number of nitrogens with zero attached hydrogens (tertiary/aromatic N) is 2. The number of carbonyl (C=O) groups excluding carboxylic acids is 2. The van der Waals surface area contributed by atoms with Gasteiger partial charge >= 0.3 is 0 Å². The molecule has 1 aromatic heterocycles. The number of anilines is 1. The lowest BCUT2D eigenvalue weighted by Gasteiger charge is -2.23. The fraction of sp³-hybridized carbons (Fsp3) is 0.304. The van der Waals surface area contributed by atoms with E-state index in [-0.39, 0.29) is 17.7 Å². The van der Waals surface area contributed by atoms with Gasteiger partial charge in [-0.1, -0.05) is 61.4 Å². The second kappa shape index (κ2) is 10.2. The molecule has 0 fully saturated rings. The SMILES string of the molecule is CCC(C)C(NC(=O)c1cccc(OC)c1)C(=O)Nc1nnc(-c2cccc(C)c2)s1. The highest BCUT2D eigenvalue weighted by Gasteiger charge is 2.27. The van der Waals surface area contributed by atoms with E-state index in [9.17, 15) is 9.59 Å². The van der Waals surface area contributed by atoms with Gasteiger partial charge in [-0.05, 0) is 37.1 Å². The third-order valence-electron chi connectivity index (χ3n) is 5.03. The molecule has 2 atom stereocenters. The number of ether oxygens (including phenoxy) is 1. The molecule has 162 valence electrons. The highest BCUT2D eigenvalue weighted by Crippen LogP contribution is 2.27. The third kappa shape index (κ3) is 5.67. The molecule has 0 bridgehead atoms. The van der Waals surface area contributed by atoms with Gasteiger partial charge in [-0.2, -0.15) is 0 Å². The molecular formula is C23H26N4O3S. The molecule has 0 aliphatic heterocycles. The van der Waals surface area contributed by atoms with Gasteiger partial charge in [0.1, 0.15) is 16.8 Å². The van der Waals surface area contributed by atoms with E-state index in [1.54, 1.807) is 31.4 Å². The maximum absolute atomic E-state index is 13.0. The minimum atomic E-state index is -0.713. The Morgan fingerprint density at radius 1 is 1.13 bits per heavy atom. The van der Waals surface area contributed by atoms with Crippen molar-refractivity contribution in [1.82, 2.24) is 15.5 Å². The standard InChI is InChI=1S/C23H26N4O3S/c1-5-15(3)19(24-20(28)16-9-7-11-18(13-16)30-4)21(29)25-23-27-26-22(31-23)17-10-6-8-14(2)12-17/h6-13,15,19H,5H2,1-4H3,(H,24,28)(H,25,27,29). The van der Waals surface area contributed by atoms with Crippen LogP contribution < -0.4 is 15.4 Å². The fourth-order valence-electron chi connectivity index (χ4n) is 3.04. The second-order valence-electron chi connectivity index (χ2n) is 7.34. The topological polar surface area (TPSA) is 93.2 Å². The number of hydrogen-bond acceptors (Lipinski definition) is 6. The Labute approximate surface area is 185 Å². The number of carbonyl (C=O) groups is 2. The molecule has 2 unspecified atom stereocenters. The van der Waals surface area contributed by atoms with Gasteiger partial charge in [0, 0.05) is 11.1 Å². The Hall–Kier alpha value is -3.26. The molecule has 2 aromatic carbocycles. The number of aryl methyl sites for hydroxylation is 1. The highest BCUT2D eigenvalue weighted by atomic mass is 32.1. The smallest absolute Gasteiger partial charge is 0.252 e. The van der Waals surface area contributed by atoms with Crippen molar-refractivity contribution >= 4 is 28.3 Å². The molecule has 3 rings (SSSR count). The van der Waals surface area contributed by atoms with Crippen molar-refractivity contribution in [3.63, 3.8) is 0 Å². The summed E-state index contributed by atoms with van der Waals surface area (Å²) in [6.07, 6.45) is 0.723. The number of amides is 2. The average Bonchev–Trinajstić information content (AvgIpc) is 3.25. The van der Waals surface area contributed by atoms with Crippen molar-refractivity contribution < 1.29 is 14.3 Å². The Morgan fingerprint density at radius 2 is 1.90 bits per heavy atom. The molecule has 31 heavy (non-hydrogen) atoms. The van der Waals surface area contributed by atoms with Crippen LogP contribution in [0, 0.1) is 12.8 Å². The van der Waals surface area contributed by atoms with Crippen molar-refractivity contribution in [2.75, 3.05) is 12.4 Å². The van der Waals surface area contributed by atoms with Crippen LogP contribution in [0.25, 0.3) is 10.6 Å². The van der Waals surface area contributed by atoms with Crippen LogP contribution in [0.4, 0.5) is 5.13 Å². The Morgan fingerprint density at radius 3 is 2.61 bits per heavy atom. The van der Waals surface area contributed by atoms with E-state index in [0.29, 0.717) is 16.4 Å². The van der Waals surface area contributed by atoms with Crippen molar-refractivity contribution in [3.8, 4) is 16.3 Å². The monoisotopic (exact) mass is 438 g/mol. The molecule has 0 saturated carbocycles. The Kier molecular flexibility index (Phi) is 7.36. The largest absolute Gasteiger partial charge is 0.497 e. The normalized spacial score (nSPS) is 12.6. The number of methoxy groups -OCH3 is 1. The molecule has 7 nitrogen and oxygen atoms in total. The molecular weight excluding hydrogens is 412 g/mol. The summed E-state index contributed by atoms with van der Waals surface area (Å²) in [5.74, 6) is -0.150. The van der Waals surface area contributed by atoms with Gasteiger partial charge in [0.05, 0.1) is 7.11 Å². The summed E-state index contributed by atoms with van der Waals surface area (Å²) in [4.78, 5) is 25.7. The first-order valence-corrected chi connectivity index (χ1v) is 10.9. The first-order valence-electron chi connectivity index (χ1n) is 10.1. The zero-order chi connectivity index (χ0) is 22.4. The van der Waals surface area contributed by atoms with Crippen molar-refractivity contribution in [2.24, 2.45) is 5.92 Å². The van der Waals surface area contributed by atoms with Gasteiger partial charge in [-0.15, -0.1) is 10.2 Å². The summed E-state index contributed by atoms with van der Waals surface area (Å²) in [6, 6.07) is 14.0. The molecule has 0 spiro atoms. The second-order valence-corrected chi connectivity index (χ2v) is 8.32. The van der Waals surface area contributed by atoms with Gasteiger partial charge in [0.15, 0.2) is 0 Å². The maximum atomic E-state index is 13.0. The zero-order valence-electron chi connectivity index (χ0n) is 18.0. The molecule has 2 amide bonds. The van der Waals surface area contributed by atoms with Crippen LogP contribution in [0.3, 0.4) is 0 Å². The molecule has 2 N–H and O–H groups in total. The minimum Gasteiger partial charge on any atom is -0.497 e.